The van der Waals surface area contributed by atoms with Crippen molar-refractivity contribution in [3.63, 3.8) is 0 Å². The third kappa shape index (κ3) is 3.29. The fourth-order valence-electron chi connectivity index (χ4n) is 3.01. The lowest BCUT2D eigenvalue weighted by molar-refractivity contribution is 0.00926. The molecular weight excluding hydrogens is 266 g/mol. The average molecular weight is 289 g/mol. The summed E-state index contributed by atoms with van der Waals surface area (Å²) < 4.78 is 5.71. The van der Waals surface area contributed by atoms with E-state index in [1.807, 2.05) is 12.1 Å². The molecule has 5 heteroatoms. The van der Waals surface area contributed by atoms with E-state index in [4.69, 9.17) is 4.74 Å². The van der Waals surface area contributed by atoms with Gasteiger partial charge in [-0.1, -0.05) is 13.0 Å². The maximum absolute atomic E-state index is 11.7. The maximum Gasteiger partial charge on any atom is 0.321 e. The SMILES string of the molecule is CCC1CC(Nc2cccc(N3CCNC3=O)c2)CCO1. The van der Waals surface area contributed by atoms with E-state index in [-0.39, 0.29) is 6.03 Å². The highest BCUT2D eigenvalue weighted by Crippen LogP contribution is 2.24. The molecule has 5 nitrogen and oxygen atoms in total. The molecule has 2 N–H and O–H groups in total. The molecule has 0 spiro atoms. The predicted octanol–water partition coefficient (Wildman–Crippen LogP) is 2.59. The monoisotopic (exact) mass is 289 g/mol. The van der Waals surface area contributed by atoms with Crippen molar-refractivity contribution in [2.45, 2.75) is 38.3 Å². The third-order valence-electron chi connectivity index (χ3n) is 4.21. The first-order valence-corrected chi connectivity index (χ1v) is 7.80. The summed E-state index contributed by atoms with van der Waals surface area (Å²) in [5.74, 6) is 0. The molecule has 2 atom stereocenters. The summed E-state index contributed by atoms with van der Waals surface area (Å²) in [5.41, 5.74) is 2.03. The fraction of sp³-hybridized carbons (Fsp3) is 0.562. The summed E-state index contributed by atoms with van der Waals surface area (Å²) >= 11 is 0. The molecule has 1 aromatic carbocycles. The molecule has 0 bridgehead atoms. The fourth-order valence-corrected chi connectivity index (χ4v) is 3.01. The lowest BCUT2D eigenvalue weighted by Gasteiger charge is -2.30. The van der Waals surface area contributed by atoms with Crippen LogP contribution in [0.15, 0.2) is 24.3 Å². The summed E-state index contributed by atoms with van der Waals surface area (Å²) in [6, 6.07) is 8.54. The first kappa shape index (κ1) is 14.2. The highest BCUT2D eigenvalue weighted by molar-refractivity contribution is 5.94. The Balaban J connectivity index is 1.67. The number of ether oxygens (including phenoxy) is 1. The smallest absolute Gasteiger partial charge is 0.321 e. The van der Waals surface area contributed by atoms with Gasteiger partial charge in [-0.25, -0.2) is 4.79 Å². The van der Waals surface area contributed by atoms with Gasteiger partial charge >= 0.3 is 6.03 Å². The molecule has 0 aromatic heterocycles. The van der Waals surface area contributed by atoms with Crippen LogP contribution >= 0.6 is 0 Å². The van der Waals surface area contributed by atoms with Gasteiger partial charge < -0.3 is 15.4 Å². The second-order valence-electron chi connectivity index (χ2n) is 5.70. The summed E-state index contributed by atoms with van der Waals surface area (Å²) in [4.78, 5) is 13.5. The van der Waals surface area contributed by atoms with Gasteiger partial charge in [-0.2, -0.15) is 0 Å². The summed E-state index contributed by atoms with van der Waals surface area (Å²) in [7, 11) is 0. The molecule has 3 rings (SSSR count). The van der Waals surface area contributed by atoms with Gasteiger partial charge in [-0.05, 0) is 37.5 Å². The van der Waals surface area contributed by atoms with Crippen molar-refractivity contribution in [2.75, 3.05) is 29.9 Å². The van der Waals surface area contributed by atoms with Crippen LogP contribution in [0.2, 0.25) is 0 Å². The van der Waals surface area contributed by atoms with E-state index in [1.165, 1.54) is 0 Å². The number of hydrogen-bond donors (Lipinski definition) is 2. The van der Waals surface area contributed by atoms with Crippen LogP contribution in [0.5, 0.6) is 0 Å². The summed E-state index contributed by atoms with van der Waals surface area (Å²) in [6.45, 7) is 4.44. The summed E-state index contributed by atoms with van der Waals surface area (Å²) in [5, 5.41) is 6.42. The Labute approximate surface area is 125 Å². The van der Waals surface area contributed by atoms with Crippen LogP contribution in [0.1, 0.15) is 26.2 Å². The molecule has 0 aliphatic carbocycles. The van der Waals surface area contributed by atoms with Crippen LogP contribution in [0.3, 0.4) is 0 Å². The Morgan fingerprint density at radius 2 is 2.38 bits per heavy atom. The van der Waals surface area contributed by atoms with Gasteiger partial charge in [0.1, 0.15) is 0 Å². The minimum absolute atomic E-state index is 0.00994. The maximum atomic E-state index is 11.7. The van der Waals surface area contributed by atoms with Crippen molar-refractivity contribution in [1.29, 1.82) is 0 Å². The van der Waals surface area contributed by atoms with Crippen molar-refractivity contribution < 1.29 is 9.53 Å². The quantitative estimate of drug-likeness (QED) is 0.896. The molecular formula is C16H23N3O2. The van der Waals surface area contributed by atoms with Gasteiger partial charge in [0.25, 0.3) is 0 Å². The molecule has 0 saturated carbocycles. The number of amides is 2. The van der Waals surface area contributed by atoms with Crippen LogP contribution < -0.4 is 15.5 Å². The molecule has 2 amide bonds. The summed E-state index contributed by atoms with van der Waals surface area (Å²) in [6.07, 6.45) is 3.51. The van der Waals surface area contributed by atoms with E-state index >= 15 is 0 Å². The first-order chi connectivity index (χ1) is 10.3. The van der Waals surface area contributed by atoms with Gasteiger partial charge in [-0.3, -0.25) is 4.90 Å². The number of nitrogens with one attached hydrogen (secondary N) is 2. The second kappa shape index (κ2) is 6.35. The molecule has 2 aliphatic heterocycles. The van der Waals surface area contributed by atoms with Crippen molar-refractivity contribution in [2.24, 2.45) is 0 Å². The van der Waals surface area contributed by atoms with E-state index in [9.17, 15) is 4.79 Å². The minimum Gasteiger partial charge on any atom is -0.382 e. The van der Waals surface area contributed by atoms with Crippen LogP contribution in [-0.4, -0.2) is 37.9 Å². The van der Waals surface area contributed by atoms with Gasteiger partial charge in [0.05, 0.1) is 6.10 Å². The zero-order valence-electron chi connectivity index (χ0n) is 12.5. The standard InChI is InChI=1S/C16H23N3O2/c1-2-15-11-13(6-9-21-15)18-12-4-3-5-14(10-12)19-8-7-17-16(19)20/h3-5,10,13,15,18H,2,6-9,11H2,1H3,(H,17,20). The number of carbonyl (C=O) groups is 1. The zero-order chi connectivity index (χ0) is 14.7. The number of urea groups is 1. The van der Waals surface area contributed by atoms with Gasteiger partial charge in [0.2, 0.25) is 0 Å². The van der Waals surface area contributed by atoms with E-state index in [1.54, 1.807) is 4.90 Å². The Kier molecular flexibility index (Phi) is 4.29. The van der Waals surface area contributed by atoms with Gasteiger partial charge in [0, 0.05) is 37.1 Å². The molecule has 21 heavy (non-hydrogen) atoms. The second-order valence-corrected chi connectivity index (χ2v) is 5.70. The number of carbonyl (C=O) groups excluding carboxylic acids is 1. The molecule has 114 valence electrons. The van der Waals surface area contributed by atoms with Crippen LogP contribution in [0.4, 0.5) is 16.2 Å². The largest absolute Gasteiger partial charge is 0.382 e. The third-order valence-corrected chi connectivity index (χ3v) is 4.21. The lowest BCUT2D eigenvalue weighted by atomic mass is 10.0. The first-order valence-electron chi connectivity index (χ1n) is 7.80. The van der Waals surface area contributed by atoms with E-state index in [2.05, 4.69) is 29.7 Å². The Hall–Kier alpha value is -1.75. The normalized spacial score (nSPS) is 25.8. The number of rotatable bonds is 4. The van der Waals surface area contributed by atoms with Gasteiger partial charge in [0.15, 0.2) is 0 Å². The van der Waals surface area contributed by atoms with Crippen LogP contribution in [-0.2, 0) is 4.74 Å². The highest BCUT2D eigenvalue weighted by Gasteiger charge is 2.23. The lowest BCUT2D eigenvalue weighted by Crippen LogP contribution is -2.33. The molecule has 2 aliphatic rings. The number of benzene rings is 1. The van der Waals surface area contributed by atoms with Crippen molar-refractivity contribution in [1.82, 2.24) is 5.32 Å². The van der Waals surface area contributed by atoms with Crippen LogP contribution in [0.25, 0.3) is 0 Å². The molecule has 2 saturated heterocycles. The van der Waals surface area contributed by atoms with E-state index < -0.39 is 0 Å². The van der Waals surface area contributed by atoms with E-state index in [0.717, 1.165) is 43.8 Å². The molecule has 2 heterocycles. The molecule has 1 aromatic rings. The van der Waals surface area contributed by atoms with Gasteiger partial charge in [-0.15, -0.1) is 0 Å². The topological polar surface area (TPSA) is 53.6 Å². The average Bonchev–Trinajstić information content (AvgIpc) is 2.94. The Morgan fingerprint density at radius 1 is 1.48 bits per heavy atom. The van der Waals surface area contributed by atoms with Crippen LogP contribution in [0, 0.1) is 0 Å². The minimum atomic E-state index is -0.00994. The molecule has 0 radical (unpaired) electrons. The van der Waals surface area contributed by atoms with Crippen molar-refractivity contribution in [3.05, 3.63) is 24.3 Å². The van der Waals surface area contributed by atoms with Crippen molar-refractivity contribution in [3.8, 4) is 0 Å². The predicted molar refractivity (Wildman–Crippen MR) is 83.9 cm³/mol. The number of anilines is 2. The van der Waals surface area contributed by atoms with E-state index in [0.29, 0.717) is 18.7 Å². The highest BCUT2D eigenvalue weighted by atomic mass is 16.5. The number of nitrogens with zero attached hydrogens (tertiary/aromatic N) is 1. The van der Waals surface area contributed by atoms with Crippen molar-refractivity contribution >= 4 is 17.4 Å². The Morgan fingerprint density at radius 3 is 3.14 bits per heavy atom. The zero-order valence-corrected chi connectivity index (χ0v) is 12.5. The molecule has 2 fully saturated rings. The number of hydrogen-bond acceptors (Lipinski definition) is 3. The Bertz CT molecular complexity index is 506. The molecule has 2 unspecified atom stereocenters.